The van der Waals surface area contributed by atoms with Gasteiger partial charge in [0, 0.05) is 17.3 Å². The summed E-state index contributed by atoms with van der Waals surface area (Å²) in [4.78, 5) is 38.8. The average Bonchev–Trinajstić information content (AvgIpc) is 2.79. The minimum absolute atomic E-state index is 0.0383. The number of aryl methyl sites for hydroxylation is 1. The Hall–Kier alpha value is -3.19. The van der Waals surface area contributed by atoms with E-state index in [0.717, 1.165) is 31.2 Å². The fourth-order valence-corrected chi connectivity index (χ4v) is 3.82. The molecule has 3 N–H and O–H groups in total. The normalized spacial score (nSPS) is 14.0. The average molecular weight is 424 g/mol. The highest BCUT2D eigenvalue weighted by atomic mass is 16.5. The van der Waals surface area contributed by atoms with Gasteiger partial charge in [0.2, 0.25) is 11.8 Å². The molecular formula is C24H29N3O4. The summed E-state index contributed by atoms with van der Waals surface area (Å²) in [7, 11) is 0. The number of hydrogen-bond donors (Lipinski definition) is 3. The third-order valence-corrected chi connectivity index (χ3v) is 5.59. The van der Waals surface area contributed by atoms with Crippen LogP contribution in [0.3, 0.4) is 0 Å². The van der Waals surface area contributed by atoms with Crippen LogP contribution in [0.2, 0.25) is 0 Å². The number of nitrogens with one attached hydrogen (secondary N) is 2. The molecule has 0 atom stereocenters. The van der Waals surface area contributed by atoms with Crippen LogP contribution in [-0.2, 0) is 16.0 Å². The summed E-state index contributed by atoms with van der Waals surface area (Å²) >= 11 is 0. The van der Waals surface area contributed by atoms with E-state index in [-0.39, 0.29) is 30.8 Å². The smallest absolute Gasteiger partial charge is 0.274 e. The van der Waals surface area contributed by atoms with Gasteiger partial charge in [-0.15, -0.1) is 0 Å². The maximum Gasteiger partial charge on any atom is 0.274 e. The molecule has 3 rings (SSSR count). The zero-order valence-corrected chi connectivity index (χ0v) is 17.8. The summed E-state index contributed by atoms with van der Waals surface area (Å²) in [5.41, 5.74) is 4.33. The largest absolute Gasteiger partial charge is 0.352 e. The predicted molar refractivity (Wildman–Crippen MR) is 118 cm³/mol. The van der Waals surface area contributed by atoms with Crippen LogP contribution >= 0.6 is 0 Å². The van der Waals surface area contributed by atoms with Crippen molar-refractivity contribution in [3.8, 4) is 0 Å². The molecule has 7 heteroatoms. The number of carbonyl (C=O) groups excluding carboxylic acids is 3. The molecule has 164 valence electrons. The van der Waals surface area contributed by atoms with Crippen LogP contribution in [0.5, 0.6) is 0 Å². The molecule has 0 unspecified atom stereocenters. The van der Waals surface area contributed by atoms with Crippen molar-refractivity contribution in [2.24, 2.45) is 0 Å². The van der Waals surface area contributed by atoms with Gasteiger partial charge in [-0.3, -0.25) is 19.6 Å². The fourth-order valence-electron chi connectivity index (χ4n) is 3.82. The molecule has 3 amide bonds. The van der Waals surface area contributed by atoms with Crippen molar-refractivity contribution in [2.75, 3.05) is 11.4 Å². The summed E-state index contributed by atoms with van der Waals surface area (Å²) in [6.45, 7) is 1.93. The van der Waals surface area contributed by atoms with Gasteiger partial charge < -0.3 is 10.2 Å². The third kappa shape index (κ3) is 6.39. The Bertz CT molecular complexity index is 903. The van der Waals surface area contributed by atoms with Crippen molar-refractivity contribution in [3.05, 3.63) is 65.2 Å². The Morgan fingerprint density at radius 2 is 1.61 bits per heavy atom. The van der Waals surface area contributed by atoms with Gasteiger partial charge in [0.05, 0.1) is 6.42 Å². The van der Waals surface area contributed by atoms with Crippen molar-refractivity contribution in [2.45, 2.75) is 51.5 Å². The van der Waals surface area contributed by atoms with E-state index in [4.69, 9.17) is 5.21 Å². The molecule has 2 aromatic rings. The van der Waals surface area contributed by atoms with Gasteiger partial charge in [-0.1, -0.05) is 49.1 Å². The second-order valence-electron chi connectivity index (χ2n) is 8.03. The first-order valence-electron chi connectivity index (χ1n) is 10.7. The van der Waals surface area contributed by atoms with Crippen LogP contribution in [0.1, 0.15) is 53.6 Å². The van der Waals surface area contributed by atoms with Gasteiger partial charge in [0.1, 0.15) is 6.54 Å². The molecule has 0 aliphatic heterocycles. The van der Waals surface area contributed by atoms with E-state index in [0.29, 0.717) is 16.8 Å². The molecule has 1 aliphatic rings. The van der Waals surface area contributed by atoms with Crippen molar-refractivity contribution < 1.29 is 19.6 Å². The van der Waals surface area contributed by atoms with E-state index in [1.54, 1.807) is 29.7 Å². The summed E-state index contributed by atoms with van der Waals surface area (Å²) in [6.07, 6.45) is 5.51. The Labute approximate surface area is 182 Å². The fraction of sp³-hybridized carbons (Fsp3) is 0.375. The highest BCUT2D eigenvalue weighted by Crippen LogP contribution is 2.19. The van der Waals surface area contributed by atoms with E-state index in [2.05, 4.69) is 5.32 Å². The molecule has 2 aromatic carbocycles. The molecule has 7 nitrogen and oxygen atoms in total. The zero-order valence-electron chi connectivity index (χ0n) is 17.8. The maximum atomic E-state index is 13.1. The van der Waals surface area contributed by atoms with E-state index >= 15 is 0 Å². The molecule has 1 saturated carbocycles. The minimum atomic E-state index is -0.612. The number of anilines is 1. The van der Waals surface area contributed by atoms with Gasteiger partial charge in [-0.2, -0.15) is 0 Å². The number of nitrogens with zero attached hydrogens (tertiary/aromatic N) is 1. The molecule has 0 spiro atoms. The van der Waals surface area contributed by atoms with Crippen molar-refractivity contribution >= 4 is 23.4 Å². The lowest BCUT2D eigenvalue weighted by molar-refractivity contribution is -0.124. The van der Waals surface area contributed by atoms with Crippen LogP contribution < -0.4 is 15.7 Å². The summed E-state index contributed by atoms with van der Waals surface area (Å²) in [5.74, 6) is -0.976. The Kier molecular flexibility index (Phi) is 7.78. The van der Waals surface area contributed by atoms with E-state index in [1.807, 2.05) is 31.2 Å². The zero-order chi connectivity index (χ0) is 22.2. The molecule has 0 bridgehead atoms. The quantitative estimate of drug-likeness (QED) is 0.471. The van der Waals surface area contributed by atoms with Crippen molar-refractivity contribution in [3.63, 3.8) is 0 Å². The van der Waals surface area contributed by atoms with E-state index in [9.17, 15) is 14.4 Å². The standard InChI is InChI=1S/C24H29N3O4/c1-17-7-13-21(14-8-17)27(16-22(28)25-20-5-3-2-4-6-20)23(29)15-18-9-11-19(12-10-18)24(30)26-31/h7-14,20,31H,2-6,15-16H2,1H3,(H,25,28)(H,26,30). The van der Waals surface area contributed by atoms with Gasteiger partial charge in [0.15, 0.2) is 0 Å². The number of benzene rings is 2. The number of rotatable bonds is 7. The van der Waals surface area contributed by atoms with Gasteiger partial charge in [-0.25, -0.2) is 5.48 Å². The molecule has 31 heavy (non-hydrogen) atoms. The molecule has 0 heterocycles. The molecule has 0 aromatic heterocycles. The first-order chi connectivity index (χ1) is 15.0. The monoisotopic (exact) mass is 423 g/mol. The Balaban J connectivity index is 1.72. The molecular weight excluding hydrogens is 394 g/mol. The predicted octanol–water partition coefficient (Wildman–Crippen LogP) is 3.14. The highest BCUT2D eigenvalue weighted by molar-refractivity contribution is 6.00. The van der Waals surface area contributed by atoms with Crippen LogP contribution in [-0.4, -0.2) is 35.5 Å². The molecule has 0 radical (unpaired) electrons. The van der Waals surface area contributed by atoms with Gasteiger partial charge in [0.25, 0.3) is 5.91 Å². The Morgan fingerprint density at radius 1 is 0.968 bits per heavy atom. The van der Waals surface area contributed by atoms with Gasteiger partial charge >= 0.3 is 0 Å². The van der Waals surface area contributed by atoms with Crippen molar-refractivity contribution in [1.82, 2.24) is 10.8 Å². The molecule has 1 aliphatic carbocycles. The first kappa shape index (κ1) is 22.5. The lowest BCUT2D eigenvalue weighted by Crippen LogP contribution is -2.45. The highest BCUT2D eigenvalue weighted by Gasteiger charge is 2.22. The third-order valence-electron chi connectivity index (χ3n) is 5.59. The topological polar surface area (TPSA) is 98.7 Å². The number of hydroxylamine groups is 1. The van der Waals surface area contributed by atoms with Crippen LogP contribution in [0.4, 0.5) is 5.69 Å². The van der Waals surface area contributed by atoms with Crippen LogP contribution in [0, 0.1) is 6.92 Å². The van der Waals surface area contributed by atoms with E-state index < -0.39 is 5.91 Å². The lowest BCUT2D eigenvalue weighted by Gasteiger charge is -2.26. The summed E-state index contributed by atoms with van der Waals surface area (Å²) in [6, 6.07) is 14.1. The van der Waals surface area contributed by atoms with Gasteiger partial charge in [-0.05, 0) is 49.6 Å². The second kappa shape index (κ2) is 10.7. The molecule has 1 fully saturated rings. The lowest BCUT2D eigenvalue weighted by atomic mass is 9.95. The first-order valence-corrected chi connectivity index (χ1v) is 10.7. The summed E-state index contributed by atoms with van der Waals surface area (Å²) in [5, 5.41) is 11.8. The number of amides is 3. The van der Waals surface area contributed by atoms with E-state index in [1.165, 1.54) is 11.3 Å². The second-order valence-corrected chi connectivity index (χ2v) is 8.03. The number of carbonyl (C=O) groups is 3. The summed E-state index contributed by atoms with van der Waals surface area (Å²) < 4.78 is 0. The number of hydrogen-bond acceptors (Lipinski definition) is 4. The Morgan fingerprint density at radius 3 is 2.23 bits per heavy atom. The molecule has 0 saturated heterocycles. The van der Waals surface area contributed by atoms with Crippen LogP contribution in [0.25, 0.3) is 0 Å². The minimum Gasteiger partial charge on any atom is -0.352 e. The SMILES string of the molecule is Cc1ccc(N(CC(=O)NC2CCCCC2)C(=O)Cc2ccc(C(=O)NO)cc2)cc1. The van der Waals surface area contributed by atoms with Crippen LogP contribution in [0.15, 0.2) is 48.5 Å². The van der Waals surface area contributed by atoms with Crippen molar-refractivity contribution in [1.29, 1.82) is 0 Å². The maximum absolute atomic E-state index is 13.1.